The minimum atomic E-state index is 0.199. The third-order valence-electron chi connectivity index (χ3n) is 3.24. The highest BCUT2D eigenvalue weighted by atomic mass is 16.3. The van der Waals surface area contributed by atoms with Crippen LogP contribution in [0.25, 0.3) is 0 Å². The molecule has 1 atom stereocenters. The van der Waals surface area contributed by atoms with E-state index in [1.54, 1.807) is 6.26 Å². The van der Waals surface area contributed by atoms with Crippen LogP contribution in [0.4, 0.5) is 0 Å². The molecule has 2 aromatic rings. The molecule has 2 rings (SSSR count). The lowest BCUT2D eigenvalue weighted by Crippen LogP contribution is -2.24. The molecular weight excluding hydrogens is 236 g/mol. The van der Waals surface area contributed by atoms with Crippen molar-refractivity contribution in [1.29, 1.82) is 0 Å². The van der Waals surface area contributed by atoms with Crippen molar-refractivity contribution in [2.75, 3.05) is 6.54 Å². The monoisotopic (exact) mass is 258 g/mol. The van der Waals surface area contributed by atoms with Crippen molar-refractivity contribution in [2.45, 2.75) is 39.7 Å². The number of aryl methyl sites for hydroxylation is 2. The second-order valence-electron chi connectivity index (χ2n) is 5.01. The highest BCUT2D eigenvalue weighted by Crippen LogP contribution is 2.22. The van der Waals surface area contributed by atoms with E-state index < -0.39 is 0 Å². The largest absolute Gasteiger partial charge is 0.467 e. The Bertz CT molecular complexity index is 502. The summed E-state index contributed by atoms with van der Waals surface area (Å²) in [6, 6.07) is 6.41. The van der Waals surface area contributed by atoms with Crippen molar-refractivity contribution in [1.82, 2.24) is 10.3 Å². The average molecular weight is 258 g/mol. The van der Waals surface area contributed by atoms with Crippen molar-refractivity contribution in [2.24, 2.45) is 0 Å². The molecule has 1 N–H and O–H groups in total. The number of nitrogens with zero attached hydrogens (tertiary/aromatic N) is 1. The Morgan fingerprint density at radius 2 is 2.11 bits per heavy atom. The highest BCUT2D eigenvalue weighted by molar-refractivity contribution is 5.21. The van der Waals surface area contributed by atoms with E-state index in [2.05, 4.69) is 43.2 Å². The van der Waals surface area contributed by atoms with Gasteiger partial charge in [0.05, 0.1) is 12.3 Å². The Morgan fingerprint density at radius 3 is 2.68 bits per heavy atom. The smallest absolute Gasteiger partial charge is 0.123 e. The van der Waals surface area contributed by atoms with Crippen LogP contribution in [0.3, 0.4) is 0 Å². The van der Waals surface area contributed by atoms with Gasteiger partial charge in [-0.15, -0.1) is 0 Å². The van der Waals surface area contributed by atoms with Crippen LogP contribution >= 0.6 is 0 Å². The first kappa shape index (κ1) is 13.8. The van der Waals surface area contributed by atoms with E-state index in [-0.39, 0.29) is 6.04 Å². The summed E-state index contributed by atoms with van der Waals surface area (Å²) in [6.07, 6.45) is 5.64. The van der Waals surface area contributed by atoms with Gasteiger partial charge in [-0.2, -0.15) is 0 Å². The maximum atomic E-state index is 5.63. The van der Waals surface area contributed by atoms with Crippen molar-refractivity contribution in [3.63, 3.8) is 0 Å². The minimum Gasteiger partial charge on any atom is -0.467 e. The summed E-state index contributed by atoms with van der Waals surface area (Å²) >= 11 is 0. The van der Waals surface area contributed by atoms with Gasteiger partial charge in [-0.1, -0.05) is 13.0 Å². The number of rotatable bonds is 6. The fraction of sp³-hybridized carbons (Fsp3) is 0.438. The van der Waals surface area contributed by atoms with Gasteiger partial charge in [0.1, 0.15) is 5.76 Å². The van der Waals surface area contributed by atoms with Gasteiger partial charge in [0, 0.05) is 18.3 Å². The van der Waals surface area contributed by atoms with E-state index in [0.717, 1.165) is 30.8 Å². The molecule has 0 saturated heterocycles. The maximum Gasteiger partial charge on any atom is 0.123 e. The second kappa shape index (κ2) is 6.53. The van der Waals surface area contributed by atoms with Gasteiger partial charge in [-0.05, 0) is 50.1 Å². The molecule has 0 bridgehead atoms. The molecule has 0 saturated carbocycles. The molecule has 19 heavy (non-hydrogen) atoms. The van der Waals surface area contributed by atoms with Crippen molar-refractivity contribution in [3.8, 4) is 0 Å². The standard InChI is InChI=1S/C16H22N2O/c1-4-8-17-15(16-13(3)7-9-19-16)10-14-6-5-12(2)11-18-14/h5-7,9,11,15,17H,4,8,10H2,1-3H3. The predicted molar refractivity (Wildman–Crippen MR) is 77.2 cm³/mol. The maximum absolute atomic E-state index is 5.63. The molecule has 0 fully saturated rings. The van der Waals surface area contributed by atoms with Crippen LogP contribution in [0.2, 0.25) is 0 Å². The van der Waals surface area contributed by atoms with Gasteiger partial charge in [-0.3, -0.25) is 4.98 Å². The first-order chi connectivity index (χ1) is 9.20. The summed E-state index contributed by atoms with van der Waals surface area (Å²) in [4.78, 5) is 4.48. The van der Waals surface area contributed by atoms with Gasteiger partial charge in [-0.25, -0.2) is 0 Å². The highest BCUT2D eigenvalue weighted by Gasteiger charge is 2.17. The van der Waals surface area contributed by atoms with Crippen molar-refractivity contribution >= 4 is 0 Å². The fourth-order valence-electron chi connectivity index (χ4n) is 2.15. The summed E-state index contributed by atoms with van der Waals surface area (Å²) in [6.45, 7) is 7.29. The zero-order valence-corrected chi connectivity index (χ0v) is 11.9. The molecule has 1 unspecified atom stereocenters. The summed E-state index contributed by atoms with van der Waals surface area (Å²) in [5, 5.41) is 3.54. The summed E-state index contributed by atoms with van der Waals surface area (Å²) < 4.78 is 5.63. The molecule has 0 aliphatic rings. The Hall–Kier alpha value is -1.61. The number of pyridine rings is 1. The molecule has 3 heteroatoms. The predicted octanol–water partition coefficient (Wildman–Crippen LogP) is 3.57. The molecule has 0 aromatic carbocycles. The molecule has 0 amide bonds. The molecule has 0 aliphatic carbocycles. The van der Waals surface area contributed by atoms with Crippen LogP contribution in [-0.2, 0) is 6.42 Å². The van der Waals surface area contributed by atoms with E-state index in [4.69, 9.17) is 4.42 Å². The van der Waals surface area contributed by atoms with Gasteiger partial charge in [0.15, 0.2) is 0 Å². The quantitative estimate of drug-likeness (QED) is 0.860. The molecule has 0 aliphatic heterocycles. The summed E-state index contributed by atoms with van der Waals surface area (Å²) in [7, 11) is 0. The summed E-state index contributed by atoms with van der Waals surface area (Å²) in [5.74, 6) is 1.02. The van der Waals surface area contributed by atoms with Gasteiger partial charge < -0.3 is 9.73 Å². The first-order valence-electron chi connectivity index (χ1n) is 6.89. The van der Waals surface area contributed by atoms with Crippen LogP contribution in [0.15, 0.2) is 35.1 Å². The minimum absolute atomic E-state index is 0.199. The normalized spacial score (nSPS) is 12.6. The zero-order chi connectivity index (χ0) is 13.7. The fourth-order valence-corrected chi connectivity index (χ4v) is 2.15. The molecule has 2 heterocycles. The molecule has 102 valence electrons. The van der Waals surface area contributed by atoms with Gasteiger partial charge in [0.2, 0.25) is 0 Å². The van der Waals surface area contributed by atoms with E-state index in [9.17, 15) is 0 Å². The molecule has 0 radical (unpaired) electrons. The van der Waals surface area contributed by atoms with Crippen LogP contribution in [0.1, 0.15) is 42.0 Å². The van der Waals surface area contributed by atoms with Crippen molar-refractivity contribution in [3.05, 3.63) is 53.2 Å². The number of aromatic nitrogens is 1. The number of hydrogen-bond donors (Lipinski definition) is 1. The van der Waals surface area contributed by atoms with Crippen LogP contribution < -0.4 is 5.32 Å². The topological polar surface area (TPSA) is 38.1 Å². The van der Waals surface area contributed by atoms with Crippen LogP contribution in [-0.4, -0.2) is 11.5 Å². The van der Waals surface area contributed by atoms with E-state index in [1.165, 1.54) is 11.1 Å². The van der Waals surface area contributed by atoms with E-state index in [1.807, 2.05) is 12.3 Å². The lowest BCUT2D eigenvalue weighted by Gasteiger charge is -2.17. The lowest BCUT2D eigenvalue weighted by atomic mass is 10.0. The SMILES string of the molecule is CCCNC(Cc1ccc(C)cn1)c1occc1C. The molecular formula is C16H22N2O. The third kappa shape index (κ3) is 3.67. The third-order valence-corrected chi connectivity index (χ3v) is 3.24. The molecule has 0 spiro atoms. The van der Waals surface area contributed by atoms with Gasteiger partial charge in [0.25, 0.3) is 0 Å². The molecule has 2 aromatic heterocycles. The van der Waals surface area contributed by atoms with Crippen LogP contribution in [0.5, 0.6) is 0 Å². The Balaban J connectivity index is 2.14. The molecule has 3 nitrogen and oxygen atoms in total. The number of nitrogens with one attached hydrogen (secondary N) is 1. The number of hydrogen-bond acceptors (Lipinski definition) is 3. The van der Waals surface area contributed by atoms with Gasteiger partial charge >= 0.3 is 0 Å². The second-order valence-corrected chi connectivity index (χ2v) is 5.01. The Kier molecular flexibility index (Phi) is 4.74. The Labute approximate surface area is 115 Å². The van der Waals surface area contributed by atoms with Crippen LogP contribution in [0, 0.1) is 13.8 Å². The lowest BCUT2D eigenvalue weighted by molar-refractivity contribution is 0.406. The van der Waals surface area contributed by atoms with E-state index >= 15 is 0 Å². The Morgan fingerprint density at radius 1 is 1.26 bits per heavy atom. The first-order valence-corrected chi connectivity index (χ1v) is 6.89. The zero-order valence-electron chi connectivity index (χ0n) is 11.9. The van der Waals surface area contributed by atoms with E-state index in [0.29, 0.717) is 0 Å². The average Bonchev–Trinajstić information content (AvgIpc) is 2.83. The van der Waals surface area contributed by atoms with Crippen molar-refractivity contribution < 1.29 is 4.42 Å². The summed E-state index contributed by atoms with van der Waals surface area (Å²) in [5.41, 5.74) is 3.48. The number of furan rings is 1.